The number of amides is 1. The number of ether oxygens (including phenoxy) is 2. The summed E-state index contributed by atoms with van der Waals surface area (Å²) in [6.45, 7) is 11.9. The summed E-state index contributed by atoms with van der Waals surface area (Å²) in [5.41, 5.74) is 7.59. The van der Waals surface area contributed by atoms with E-state index in [1.54, 1.807) is 24.3 Å². The van der Waals surface area contributed by atoms with Gasteiger partial charge < -0.3 is 24.8 Å². The smallest absolute Gasteiger partial charge is 0.241 e. The molecular weight excluding hydrogens is 867 g/mol. The lowest BCUT2D eigenvalue weighted by atomic mass is 9.89. The largest absolute Gasteiger partial charge is 0.392 e. The van der Waals surface area contributed by atoms with Crippen molar-refractivity contribution < 1.29 is 27.8 Å². The number of carbonyl (C=O) groups is 1. The van der Waals surface area contributed by atoms with Crippen LogP contribution in [-0.4, -0.2) is 56.1 Å². The summed E-state index contributed by atoms with van der Waals surface area (Å²) in [6.07, 6.45) is 14.7. The van der Waals surface area contributed by atoms with Gasteiger partial charge in [-0.25, -0.2) is 8.42 Å². The van der Waals surface area contributed by atoms with Gasteiger partial charge >= 0.3 is 0 Å². The zero-order valence-corrected chi connectivity index (χ0v) is 41.9. The van der Waals surface area contributed by atoms with E-state index in [4.69, 9.17) is 9.47 Å². The van der Waals surface area contributed by atoms with Gasteiger partial charge in [-0.05, 0) is 90.9 Å². The van der Waals surface area contributed by atoms with Crippen LogP contribution in [0.3, 0.4) is 0 Å². The average molecular weight is 944 g/mol. The van der Waals surface area contributed by atoms with Crippen LogP contribution in [-0.2, 0) is 43.9 Å². The molecule has 10 heteroatoms. The van der Waals surface area contributed by atoms with Crippen LogP contribution < -0.4 is 10.0 Å². The molecule has 68 heavy (non-hydrogen) atoms. The molecule has 1 fully saturated rings. The van der Waals surface area contributed by atoms with Crippen LogP contribution in [0.2, 0.25) is 0 Å². The van der Waals surface area contributed by atoms with Crippen molar-refractivity contribution in [3.8, 4) is 11.1 Å². The second-order valence-electron chi connectivity index (χ2n) is 18.9. The van der Waals surface area contributed by atoms with E-state index in [0.29, 0.717) is 0 Å². The van der Waals surface area contributed by atoms with Gasteiger partial charge in [-0.15, -0.1) is 0 Å². The second kappa shape index (κ2) is 27.5. The number of benzene rings is 5. The number of hydrogen-bond donors (Lipinski definition) is 3. The molecule has 5 aromatic carbocycles. The first-order chi connectivity index (χ1) is 33.1. The molecule has 1 heterocycles. The molecule has 0 bridgehead atoms. The van der Waals surface area contributed by atoms with Gasteiger partial charge in [-0.1, -0.05) is 200 Å². The van der Waals surface area contributed by atoms with E-state index >= 15 is 0 Å². The number of hydrogen-bond acceptors (Lipinski definition) is 7. The number of aryl methyl sites for hydroxylation is 1. The van der Waals surface area contributed by atoms with Crippen LogP contribution in [0, 0.1) is 12.8 Å². The quantitative estimate of drug-likeness (QED) is 0.0428. The highest BCUT2D eigenvalue weighted by Gasteiger charge is 2.39. The topological polar surface area (TPSA) is 117 Å². The van der Waals surface area contributed by atoms with Crippen molar-refractivity contribution in [1.29, 1.82) is 0 Å². The van der Waals surface area contributed by atoms with Gasteiger partial charge in [-0.3, -0.25) is 4.79 Å². The van der Waals surface area contributed by atoms with E-state index in [-0.39, 0.29) is 42.6 Å². The van der Waals surface area contributed by atoms with Gasteiger partial charge in [0.2, 0.25) is 15.9 Å². The van der Waals surface area contributed by atoms with Gasteiger partial charge in [-0.2, -0.15) is 4.72 Å². The molecule has 5 aromatic rings. The normalized spacial score (nSPS) is 17.9. The highest BCUT2D eigenvalue weighted by molar-refractivity contribution is 7.89. The van der Waals surface area contributed by atoms with Crippen LogP contribution in [0.25, 0.3) is 11.1 Å². The molecule has 5 atom stereocenters. The van der Waals surface area contributed by atoms with Gasteiger partial charge in [0.25, 0.3) is 0 Å². The molecule has 9 nitrogen and oxygen atoms in total. The van der Waals surface area contributed by atoms with E-state index in [1.165, 1.54) is 77.0 Å². The minimum Gasteiger partial charge on any atom is -0.392 e. The number of carbonyl (C=O) groups excluding carboxylic acids is 1. The predicted octanol–water partition coefficient (Wildman–Crippen LogP) is 12.2. The zero-order chi connectivity index (χ0) is 48.1. The Hall–Kier alpha value is -4.68. The standard InChI is InChI=1S/C58H77N3O6S/c1-5-7-9-11-13-18-37-61(38-19-14-12-10-8-6-2)42-55-45(4)56(50-29-27-47(43-62)28-30-50)67-58(66-55)51-33-31-49(32-34-51)52-24-20-23-48(39-52)41-59-57(63)54(40-46-21-16-15-17-22-46)60-68(64,65)53-35-25-44(3)26-36-53/h15-17,20-36,39,45,54-56,58,60,62H,5-14,18-19,37-38,40-43H2,1-4H3,(H,59,63)/t45-,54-,55+,56+,58+/m1/s1. The Balaban J connectivity index is 1.15. The maximum Gasteiger partial charge on any atom is 0.241 e. The Morgan fingerprint density at radius 2 is 1.26 bits per heavy atom. The van der Waals surface area contributed by atoms with Gasteiger partial charge in [0.15, 0.2) is 6.29 Å². The Morgan fingerprint density at radius 3 is 1.90 bits per heavy atom. The molecule has 0 saturated carbocycles. The number of rotatable bonds is 28. The van der Waals surface area contributed by atoms with Crippen molar-refractivity contribution >= 4 is 15.9 Å². The third kappa shape index (κ3) is 16.2. The summed E-state index contributed by atoms with van der Waals surface area (Å²) in [6, 6.07) is 39.6. The van der Waals surface area contributed by atoms with Crippen molar-refractivity contribution in [2.75, 3.05) is 19.6 Å². The molecule has 0 unspecified atom stereocenters. The Labute approximate surface area is 408 Å². The third-order valence-electron chi connectivity index (χ3n) is 13.4. The molecular formula is C58H77N3O6S. The van der Waals surface area contributed by atoms with Crippen LogP contribution in [0.15, 0.2) is 132 Å². The number of aliphatic hydroxyl groups is 1. The lowest BCUT2D eigenvalue weighted by Gasteiger charge is -2.43. The minimum absolute atomic E-state index is 0.000428. The van der Waals surface area contributed by atoms with E-state index in [2.05, 4.69) is 78.2 Å². The van der Waals surface area contributed by atoms with Crippen molar-refractivity contribution in [2.45, 2.75) is 154 Å². The molecule has 0 spiro atoms. The lowest BCUT2D eigenvalue weighted by Crippen LogP contribution is -2.47. The van der Waals surface area contributed by atoms with Gasteiger partial charge in [0, 0.05) is 24.6 Å². The number of unbranched alkanes of at least 4 members (excludes halogenated alkanes) is 10. The van der Waals surface area contributed by atoms with Crippen LogP contribution >= 0.6 is 0 Å². The maximum absolute atomic E-state index is 13.8. The predicted molar refractivity (Wildman–Crippen MR) is 275 cm³/mol. The summed E-state index contributed by atoms with van der Waals surface area (Å²) in [5, 5.41) is 12.8. The molecule has 1 aliphatic heterocycles. The summed E-state index contributed by atoms with van der Waals surface area (Å²) < 4.78 is 43.4. The van der Waals surface area contributed by atoms with E-state index < -0.39 is 28.3 Å². The highest BCUT2D eigenvalue weighted by Crippen LogP contribution is 2.42. The number of sulfonamides is 1. The molecule has 366 valence electrons. The summed E-state index contributed by atoms with van der Waals surface area (Å²) in [5.74, 6) is -0.303. The molecule has 1 saturated heterocycles. The molecule has 0 radical (unpaired) electrons. The summed E-state index contributed by atoms with van der Waals surface area (Å²) >= 11 is 0. The first kappa shape index (κ1) is 52.7. The van der Waals surface area contributed by atoms with E-state index in [0.717, 1.165) is 64.1 Å². The number of nitrogens with one attached hydrogen (secondary N) is 2. The first-order valence-electron chi connectivity index (χ1n) is 25.4. The van der Waals surface area contributed by atoms with Crippen LogP contribution in [0.4, 0.5) is 0 Å². The molecule has 1 aliphatic rings. The van der Waals surface area contributed by atoms with Crippen molar-refractivity contribution in [3.05, 3.63) is 161 Å². The third-order valence-corrected chi connectivity index (χ3v) is 14.8. The zero-order valence-electron chi connectivity index (χ0n) is 41.1. The fraction of sp³-hybridized carbons (Fsp3) is 0.466. The van der Waals surface area contributed by atoms with Crippen LogP contribution in [0.1, 0.15) is 144 Å². The van der Waals surface area contributed by atoms with E-state index in [9.17, 15) is 18.3 Å². The van der Waals surface area contributed by atoms with Gasteiger partial charge in [0.05, 0.1) is 23.7 Å². The average Bonchev–Trinajstić information content (AvgIpc) is 3.36. The Bertz CT molecular complexity index is 2320. The molecule has 0 aliphatic carbocycles. The van der Waals surface area contributed by atoms with Crippen LogP contribution in [0.5, 0.6) is 0 Å². The SMILES string of the molecule is CCCCCCCCN(CCCCCCCC)C[C@@H]1O[C@H](c2ccc(-c3cccc(CNC(=O)[C@@H](Cc4ccccc4)NS(=O)(=O)c4ccc(C)cc4)c3)cc2)O[C@H](c2ccc(CO)cc2)[C@@H]1C. The molecule has 1 amide bonds. The fourth-order valence-electron chi connectivity index (χ4n) is 9.12. The Kier molecular flexibility index (Phi) is 21.3. The highest BCUT2D eigenvalue weighted by atomic mass is 32.2. The van der Waals surface area contributed by atoms with E-state index in [1.807, 2.05) is 67.6 Å². The number of nitrogens with zero attached hydrogens (tertiary/aromatic N) is 1. The van der Waals surface area contributed by atoms with Crippen molar-refractivity contribution in [3.63, 3.8) is 0 Å². The molecule has 6 rings (SSSR count). The minimum atomic E-state index is -3.96. The second-order valence-corrected chi connectivity index (χ2v) is 20.6. The Morgan fingerprint density at radius 1 is 0.662 bits per heavy atom. The molecule has 0 aromatic heterocycles. The first-order valence-corrected chi connectivity index (χ1v) is 26.9. The molecule has 3 N–H and O–H groups in total. The van der Waals surface area contributed by atoms with Crippen molar-refractivity contribution in [2.24, 2.45) is 5.92 Å². The maximum atomic E-state index is 13.8. The number of aliphatic hydroxyl groups excluding tert-OH is 1. The summed E-state index contributed by atoms with van der Waals surface area (Å²) in [4.78, 5) is 16.5. The van der Waals surface area contributed by atoms with Crippen molar-refractivity contribution in [1.82, 2.24) is 14.9 Å². The van der Waals surface area contributed by atoms with Gasteiger partial charge in [0.1, 0.15) is 6.04 Å². The monoisotopic (exact) mass is 944 g/mol. The fourth-order valence-corrected chi connectivity index (χ4v) is 10.3. The lowest BCUT2D eigenvalue weighted by molar-refractivity contribution is -0.276. The summed E-state index contributed by atoms with van der Waals surface area (Å²) in [7, 11) is -3.96.